The quantitative estimate of drug-likeness (QED) is 0.762. The molecular formula is C15H19NO2. The Kier molecular flexibility index (Phi) is 1.78. The van der Waals surface area contributed by atoms with Gasteiger partial charge in [0.25, 0.3) is 0 Å². The first-order chi connectivity index (χ1) is 8.50. The number of nitrogens with zero attached hydrogens (tertiary/aromatic N) is 1. The lowest BCUT2D eigenvalue weighted by Gasteiger charge is -2.30. The van der Waals surface area contributed by atoms with Crippen molar-refractivity contribution in [1.82, 2.24) is 4.90 Å². The van der Waals surface area contributed by atoms with E-state index in [4.69, 9.17) is 4.42 Å². The van der Waals surface area contributed by atoms with Gasteiger partial charge in [-0.05, 0) is 30.2 Å². The van der Waals surface area contributed by atoms with Gasteiger partial charge in [-0.25, -0.2) is 0 Å². The fourth-order valence-electron chi connectivity index (χ4n) is 3.44. The van der Waals surface area contributed by atoms with E-state index in [9.17, 15) is 4.79 Å². The number of fused-ring (bicyclic) bond motifs is 2. The average molecular weight is 245 g/mol. The van der Waals surface area contributed by atoms with Crippen molar-refractivity contribution in [3.63, 3.8) is 0 Å². The van der Waals surface area contributed by atoms with Crippen molar-refractivity contribution < 1.29 is 9.21 Å². The Bertz CT molecular complexity index is 522. The minimum absolute atomic E-state index is 0.0876. The highest BCUT2D eigenvalue weighted by atomic mass is 16.3. The monoisotopic (exact) mass is 245 g/mol. The number of hydrogen-bond acceptors (Lipinski definition) is 2. The first-order valence-electron chi connectivity index (χ1n) is 6.85. The van der Waals surface area contributed by atoms with Crippen LogP contribution in [0, 0.1) is 16.7 Å². The smallest absolute Gasteiger partial charge is 0.229 e. The predicted octanol–water partition coefficient (Wildman–Crippen LogP) is 2.60. The topological polar surface area (TPSA) is 33.5 Å². The van der Waals surface area contributed by atoms with Crippen molar-refractivity contribution >= 4 is 5.91 Å². The first kappa shape index (κ1) is 10.7. The van der Waals surface area contributed by atoms with Gasteiger partial charge in [-0.1, -0.05) is 13.8 Å². The van der Waals surface area contributed by atoms with E-state index in [-0.39, 0.29) is 10.8 Å². The van der Waals surface area contributed by atoms with Crippen LogP contribution in [-0.2, 0) is 17.8 Å². The highest BCUT2D eigenvalue weighted by molar-refractivity contribution is 5.90. The number of hydrogen-bond donors (Lipinski definition) is 0. The van der Waals surface area contributed by atoms with Crippen molar-refractivity contribution in [2.75, 3.05) is 6.54 Å². The van der Waals surface area contributed by atoms with Crippen LogP contribution in [-0.4, -0.2) is 17.4 Å². The van der Waals surface area contributed by atoms with Crippen LogP contribution in [0.15, 0.2) is 16.7 Å². The Hall–Kier alpha value is -1.25. The molecule has 0 N–H and O–H groups in total. The van der Waals surface area contributed by atoms with Crippen molar-refractivity contribution in [1.29, 1.82) is 0 Å². The van der Waals surface area contributed by atoms with Gasteiger partial charge in [-0.2, -0.15) is 0 Å². The molecule has 2 fully saturated rings. The number of amides is 1. The summed E-state index contributed by atoms with van der Waals surface area (Å²) in [6.07, 6.45) is 4.96. The highest BCUT2D eigenvalue weighted by Gasteiger charge is 2.75. The van der Waals surface area contributed by atoms with Crippen LogP contribution >= 0.6 is 0 Å². The van der Waals surface area contributed by atoms with E-state index in [0.29, 0.717) is 5.91 Å². The van der Waals surface area contributed by atoms with Crippen molar-refractivity contribution in [3.8, 4) is 0 Å². The Morgan fingerprint density at radius 2 is 2.17 bits per heavy atom. The van der Waals surface area contributed by atoms with Crippen LogP contribution in [0.1, 0.15) is 38.0 Å². The molecule has 0 unspecified atom stereocenters. The Morgan fingerprint density at radius 1 is 1.44 bits per heavy atom. The average Bonchev–Trinajstić information content (AvgIpc) is 3.09. The molecule has 2 aliphatic carbocycles. The highest BCUT2D eigenvalue weighted by Crippen LogP contribution is 2.76. The van der Waals surface area contributed by atoms with E-state index in [1.54, 1.807) is 6.26 Å². The summed E-state index contributed by atoms with van der Waals surface area (Å²) in [6.45, 7) is 6.03. The maximum absolute atomic E-state index is 12.6. The lowest BCUT2D eigenvalue weighted by Crippen LogP contribution is -2.39. The zero-order valence-corrected chi connectivity index (χ0v) is 11.0. The van der Waals surface area contributed by atoms with E-state index in [0.717, 1.165) is 44.0 Å². The largest absolute Gasteiger partial charge is 0.469 e. The van der Waals surface area contributed by atoms with Crippen LogP contribution in [0.2, 0.25) is 0 Å². The molecule has 0 saturated heterocycles. The molecule has 4 rings (SSSR count). The molecule has 0 aromatic carbocycles. The Balaban J connectivity index is 1.65. The van der Waals surface area contributed by atoms with E-state index in [1.807, 2.05) is 6.07 Å². The Labute approximate surface area is 107 Å². The van der Waals surface area contributed by atoms with E-state index >= 15 is 0 Å². The summed E-state index contributed by atoms with van der Waals surface area (Å²) in [7, 11) is 0. The van der Waals surface area contributed by atoms with Gasteiger partial charge in [-0.3, -0.25) is 4.79 Å². The van der Waals surface area contributed by atoms with Crippen molar-refractivity contribution in [2.24, 2.45) is 16.7 Å². The summed E-state index contributed by atoms with van der Waals surface area (Å²) in [5, 5.41) is 0. The maximum atomic E-state index is 12.6. The fraction of sp³-hybridized carbons (Fsp3) is 0.667. The lowest BCUT2D eigenvalue weighted by atomic mass is 9.88. The molecule has 1 aromatic heterocycles. The van der Waals surface area contributed by atoms with Gasteiger partial charge in [0.2, 0.25) is 5.91 Å². The summed E-state index contributed by atoms with van der Waals surface area (Å²) in [4.78, 5) is 14.7. The molecule has 0 spiro atoms. The fourth-order valence-corrected chi connectivity index (χ4v) is 3.44. The summed E-state index contributed by atoms with van der Waals surface area (Å²) >= 11 is 0. The minimum Gasteiger partial charge on any atom is -0.469 e. The summed E-state index contributed by atoms with van der Waals surface area (Å²) in [6, 6.07) is 2.02. The van der Waals surface area contributed by atoms with Gasteiger partial charge in [0, 0.05) is 25.1 Å². The summed E-state index contributed by atoms with van der Waals surface area (Å²) in [5.74, 6) is 2.19. The van der Waals surface area contributed by atoms with Gasteiger partial charge in [0.15, 0.2) is 0 Å². The Morgan fingerprint density at radius 3 is 2.83 bits per heavy atom. The molecule has 1 aromatic rings. The van der Waals surface area contributed by atoms with Crippen LogP contribution in [0.4, 0.5) is 0 Å². The first-order valence-corrected chi connectivity index (χ1v) is 6.85. The third-order valence-corrected chi connectivity index (χ3v) is 4.85. The molecule has 2 heterocycles. The van der Waals surface area contributed by atoms with Gasteiger partial charge in [-0.15, -0.1) is 0 Å². The number of rotatable bonds is 1. The summed E-state index contributed by atoms with van der Waals surface area (Å²) < 4.78 is 5.57. The normalized spacial score (nSPS) is 35.4. The molecule has 3 heteroatoms. The second-order valence-corrected chi connectivity index (χ2v) is 7.13. The predicted molar refractivity (Wildman–Crippen MR) is 66.8 cm³/mol. The molecule has 0 atom stereocenters. The number of furan rings is 1. The van der Waals surface area contributed by atoms with Crippen molar-refractivity contribution in [2.45, 2.75) is 39.7 Å². The number of carbonyl (C=O) groups is 1. The van der Waals surface area contributed by atoms with E-state index in [1.165, 1.54) is 5.56 Å². The summed E-state index contributed by atoms with van der Waals surface area (Å²) in [5.41, 5.74) is 1.39. The molecule has 96 valence electrons. The zero-order chi connectivity index (χ0) is 12.5. The van der Waals surface area contributed by atoms with Gasteiger partial charge in [0.05, 0.1) is 11.7 Å². The second kappa shape index (κ2) is 3.01. The van der Waals surface area contributed by atoms with Gasteiger partial charge >= 0.3 is 0 Å². The molecule has 3 nitrogen and oxygen atoms in total. The zero-order valence-electron chi connectivity index (χ0n) is 11.0. The molecule has 0 radical (unpaired) electrons. The van der Waals surface area contributed by atoms with Gasteiger partial charge in [0.1, 0.15) is 5.76 Å². The third-order valence-electron chi connectivity index (χ3n) is 4.85. The molecule has 1 aliphatic heterocycles. The lowest BCUT2D eigenvalue weighted by molar-refractivity contribution is -0.136. The third kappa shape index (κ3) is 1.39. The van der Waals surface area contributed by atoms with Crippen LogP contribution < -0.4 is 0 Å². The molecule has 2 saturated carbocycles. The van der Waals surface area contributed by atoms with Crippen LogP contribution in [0.3, 0.4) is 0 Å². The molecule has 1 amide bonds. The molecular weight excluding hydrogens is 226 g/mol. The maximum Gasteiger partial charge on any atom is 0.229 e. The second-order valence-electron chi connectivity index (χ2n) is 7.13. The molecule has 3 aliphatic rings. The SMILES string of the molecule is CC1(C)Cc2occc2CN(C(=O)C23CC2C3)C1. The number of carbonyl (C=O) groups excluding carboxylic acids is 1. The van der Waals surface area contributed by atoms with Gasteiger partial charge < -0.3 is 9.32 Å². The van der Waals surface area contributed by atoms with Crippen LogP contribution in [0.25, 0.3) is 0 Å². The minimum atomic E-state index is 0.0876. The van der Waals surface area contributed by atoms with E-state index in [2.05, 4.69) is 18.7 Å². The van der Waals surface area contributed by atoms with Crippen LogP contribution in [0.5, 0.6) is 0 Å². The van der Waals surface area contributed by atoms with E-state index < -0.39 is 0 Å². The molecule has 0 bridgehead atoms. The molecule has 18 heavy (non-hydrogen) atoms. The van der Waals surface area contributed by atoms with Crippen molar-refractivity contribution in [3.05, 3.63) is 23.7 Å². The standard InChI is InChI=1S/C15H19NO2/c1-14(2)7-12-10(3-4-18-12)8-16(9-14)13(17)15-5-11(15)6-15/h3-4,11H,5-9H2,1-2H3.